The summed E-state index contributed by atoms with van der Waals surface area (Å²) < 4.78 is 66.1. The van der Waals surface area contributed by atoms with Crippen molar-refractivity contribution in [3.05, 3.63) is 93.0 Å². The first-order valence-corrected chi connectivity index (χ1v) is 13.4. The molecule has 1 heterocycles. The minimum atomic E-state index is -4.84. The summed E-state index contributed by atoms with van der Waals surface area (Å²) in [6.07, 6.45) is -4.43. The minimum absolute atomic E-state index is 0.0152. The Morgan fingerprint density at radius 3 is 2.22 bits per heavy atom. The predicted octanol–water partition coefficient (Wildman–Crippen LogP) is 6.54. The second-order valence-corrected chi connectivity index (χ2v) is 11.5. The van der Waals surface area contributed by atoms with Gasteiger partial charge in [0, 0.05) is 45.1 Å². The lowest BCUT2D eigenvalue weighted by Crippen LogP contribution is -2.42. The number of hydrogen-bond acceptors (Lipinski definition) is 5. The van der Waals surface area contributed by atoms with Crippen molar-refractivity contribution >= 4 is 50.3 Å². The van der Waals surface area contributed by atoms with Gasteiger partial charge in [-0.3, -0.25) is 4.79 Å². The van der Waals surface area contributed by atoms with Crippen LogP contribution in [0.2, 0.25) is 10.0 Å². The number of rotatable bonds is 5. The van der Waals surface area contributed by atoms with Gasteiger partial charge in [0.1, 0.15) is 0 Å². The van der Waals surface area contributed by atoms with Crippen LogP contribution < -0.4 is 5.32 Å². The standard InChI is InChI=1S/C25H19Cl2F3N2O4S/c1-14-3-4-16(9-21(14)31-23(33)15-5-7-20(8-6-15)37(2,34)35)22-13-24(36-32-22,25(28,29)30)17-10-18(26)12-19(27)11-17/h3-12H,13H2,1-2H3,(H,31,33). The van der Waals surface area contributed by atoms with E-state index in [4.69, 9.17) is 28.0 Å². The molecule has 37 heavy (non-hydrogen) atoms. The van der Waals surface area contributed by atoms with Crippen molar-refractivity contribution in [2.75, 3.05) is 11.6 Å². The number of hydrogen-bond donors (Lipinski definition) is 1. The van der Waals surface area contributed by atoms with Crippen LogP contribution in [0.4, 0.5) is 18.9 Å². The summed E-state index contributed by atoms with van der Waals surface area (Å²) in [5, 5.41) is 6.49. The number of carbonyl (C=O) groups excluding carboxylic acids is 1. The molecule has 1 atom stereocenters. The third-order valence-electron chi connectivity index (χ3n) is 5.88. The number of anilines is 1. The van der Waals surface area contributed by atoms with E-state index in [0.29, 0.717) is 16.8 Å². The maximum Gasteiger partial charge on any atom is 0.435 e. The monoisotopic (exact) mass is 570 g/mol. The number of aryl methyl sites for hydroxylation is 1. The average Bonchev–Trinajstić information content (AvgIpc) is 3.26. The van der Waals surface area contributed by atoms with E-state index in [0.717, 1.165) is 18.4 Å². The van der Waals surface area contributed by atoms with E-state index in [1.807, 2.05) is 0 Å². The molecule has 12 heteroatoms. The van der Waals surface area contributed by atoms with Crippen LogP contribution in [0.15, 0.2) is 70.7 Å². The van der Waals surface area contributed by atoms with Crippen LogP contribution >= 0.6 is 23.2 Å². The number of oxime groups is 1. The van der Waals surface area contributed by atoms with Crippen molar-refractivity contribution in [1.82, 2.24) is 0 Å². The second-order valence-electron chi connectivity index (χ2n) is 8.57. The zero-order valence-corrected chi connectivity index (χ0v) is 21.7. The number of alkyl halides is 3. The largest absolute Gasteiger partial charge is 0.435 e. The molecule has 0 saturated carbocycles. The highest BCUT2D eigenvalue weighted by molar-refractivity contribution is 7.90. The van der Waals surface area contributed by atoms with E-state index in [1.165, 1.54) is 36.4 Å². The molecule has 1 aliphatic heterocycles. The Morgan fingerprint density at radius 2 is 1.65 bits per heavy atom. The molecule has 6 nitrogen and oxygen atoms in total. The number of nitrogens with one attached hydrogen (secondary N) is 1. The van der Waals surface area contributed by atoms with Crippen molar-refractivity contribution in [1.29, 1.82) is 0 Å². The van der Waals surface area contributed by atoms with Crippen molar-refractivity contribution in [2.45, 2.75) is 30.0 Å². The van der Waals surface area contributed by atoms with Crippen molar-refractivity contribution in [3.8, 4) is 0 Å². The quantitative estimate of drug-likeness (QED) is 0.377. The molecule has 0 fully saturated rings. The molecule has 0 saturated heterocycles. The highest BCUT2D eigenvalue weighted by Crippen LogP contribution is 2.49. The first kappa shape index (κ1) is 27.0. The molecule has 0 radical (unpaired) electrons. The van der Waals surface area contributed by atoms with Gasteiger partial charge in [0.2, 0.25) is 0 Å². The van der Waals surface area contributed by atoms with Gasteiger partial charge >= 0.3 is 6.18 Å². The number of halogens is 5. The highest BCUT2D eigenvalue weighted by Gasteiger charge is 2.62. The van der Waals surface area contributed by atoms with Gasteiger partial charge in [-0.1, -0.05) is 40.5 Å². The van der Waals surface area contributed by atoms with E-state index in [1.54, 1.807) is 19.1 Å². The van der Waals surface area contributed by atoms with Gasteiger partial charge in [0.05, 0.1) is 10.6 Å². The summed E-state index contributed by atoms with van der Waals surface area (Å²) in [6, 6.07) is 13.7. The van der Waals surface area contributed by atoms with Crippen LogP contribution in [0.1, 0.15) is 33.5 Å². The number of sulfone groups is 1. The Hall–Kier alpha value is -3.08. The van der Waals surface area contributed by atoms with Crippen LogP contribution in [-0.2, 0) is 20.3 Å². The molecule has 1 amide bonds. The zero-order chi connectivity index (χ0) is 27.2. The normalized spacial score (nSPS) is 17.8. The van der Waals surface area contributed by atoms with Crippen LogP contribution in [0.25, 0.3) is 0 Å². The number of nitrogens with zero attached hydrogens (tertiary/aromatic N) is 1. The lowest BCUT2D eigenvalue weighted by molar-refractivity contribution is -0.275. The number of amides is 1. The Balaban J connectivity index is 1.61. The first-order valence-electron chi connectivity index (χ1n) is 10.7. The Kier molecular flexibility index (Phi) is 7.04. The summed E-state index contributed by atoms with van der Waals surface area (Å²) in [7, 11) is -3.42. The van der Waals surface area contributed by atoms with Gasteiger partial charge in [-0.05, 0) is 61.0 Å². The lowest BCUT2D eigenvalue weighted by Gasteiger charge is -2.29. The summed E-state index contributed by atoms with van der Waals surface area (Å²) >= 11 is 11.9. The van der Waals surface area contributed by atoms with E-state index < -0.39 is 33.9 Å². The maximum absolute atomic E-state index is 14.3. The molecule has 0 bridgehead atoms. The summed E-state index contributed by atoms with van der Waals surface area (Å²) in [5.41, 5.74) is -1.55. The molecule has 1 unspecified atom stereocenters. The maximum atomic E-state index is 14.3. The Morgan fingerprint density at radius 1 is 1.03 bits per heavy atom. The molecule has 194 valence electrons. The number of benzene rings is 3. The second kappa shape index (κ2) is 9.66. The smallest absolute Gasteiger partial charge is 0.374 e. The molecule has 3 aromatic carbocycles. The minimum Gasteiger partial charge on any atom is -0.374 e. The van der Waals surface area contributed by atoms with Gasteiger partial charge < -0.3 is 10.2 Å². The third-order valence-corrected chi connectivity index (χ3v) is 7.44. The summed E-state index contributed by atoms with van der Waals surface area (Å²) in [6.45, 7) is 1.72. The van der Waals surface area contributed by atoms with Crippen LogP contribution in [0.3, 0.4) is 0 Å². The highest BCUT2D eigenvalue weighted by atomic mass is 35.5. The van der Waals surface area contributed by atoms with Crippen LogP contribution in [-0.4, -0.2) is 32.5 Å². The van der Waals surface area contributed by atoms with Gasteiger partial charge in [0.25, 0.3) is 11.5 Å². The molecule has 0 spiro atoms. The molecule has 0 aromatic heterocycles. The van der Waals surface area contributed by atoms with Gasteiger partial charge in [-0.15, -0.1) is 0 Å². The molecule has 0 aliphatic carbocycles. The molecular weight excluding hydrogens is 552 g/mol. The Labute approximate surface area is 220 Å². The molecule has 4 rings (SSSR count). The molecular formula is C25H19Cl2F3N2O4S. The van der Waals surface area contributed by atoms with E-state index in [9.17, 15) is 26.4 Å². The van der Waals surface area contributed by atoms with Crippen LogP contribution in [0, 0.1) is 6.92 Å². The van der Waals surface area contributed by atoms with Gasteiger partial charge in [-0.2, -0.15) is 13.2 Å². The first-order chi connectivity index (χ1) is 17.2. The topological polar surface area (TPSA) is 84.8 Å². The van der Waals surface area contributed by atoms with E-state index >= 15 is 0 Å². The fourth-order valence-electron chi connectivity index (χ4n) is 3.83. The predicted molar refractivity (Wildman–Crippen MR) is 135 cm³/mol. The molecule has 1 N–H and O–H groups in total. The van der Waals surface area contributed by atoms with E-state index in [2.05, 4.69) is 10.5 Å². The van der Waals surface area contributed by atoms with Gasteiger partial charge in [0.15, 0.2) is 9.84 Å². The zero-order valence-electron chi connectivity index (χ0n) is 19.4. The van der Waals surface area contributed by atoms with Gasteiger partial charge in [-0.25, -0.2) is 8.42 Å². The molecule has 3 aromatic rings. The Bertz CT molecular complexity index is 1500. The summed E-state index contributed by atoms with van der Waals surface area (Å²) in [5.74, 6) is -0.525. The van der Waals surface area contributed by atoms with Crippen molar-refractivity contribution < 1.29 is 31.2 Å². The average molecular weight is 571 g/mol. The van der Waals surface area contributed by atoms with Crippen molar-refractivity contribution in [2.24, 2.45) is 5.16 Å². The van der Waals surface area contributed by atoms with Crippen LogP contribution in [0.5, 0.6) is 0 Å². The molecule has 1 aliphatic rings. The third kappa shape index (κ3) is 5.46. The lowest BCUT2D eigenvalue weighted by atomic mass is 9.86. The SMILES string of the molecule is Cc1ccc(C2=NOC(c3cc(Cl)cc(Cl)c3)(C(F)(F)F)C2)cc1NC(=O)c1ccc(S(C)(=O)=O)cc1. The fraction of sp³-hybridized carbons (Fsp3) is 0.200. The fourth-order valence-corrected chi connectivity index (χ4v) is 4.99. The van der Waals surface area contributed by atoms with Crippen molar-refractivity contribution in [3.63, 3.8) is 0 Å². The summed E-state index contributed by atoms with van der Waals surface area (Å²) in [4.78, 5) is 17.9. The number of carbonyl (C=O) groups is 1. The van der Waals surface area contributed by atoms with E-state index in [-0.39, 0.29) is 31.8 Å².